The van der Waals surface area contributed by atoms with Crippen LogP contribution >= 0.6 is 0 Å². The Hall–Kier alpha value is -2.54. The van der Waals surface area contributed by atoms with Crippen LogP contribution in [0, 0.1) is 11.7 Å². The highest BCUT2D eigenvalue weighted by atomic mass is 19.1. The molecule has 0 amide bonds. The lowest BCUT2D eigenvalue weighted by Gasteiger charge is -2.30. The van der Waals surface area contributed by atoms with Crippen LogP contribution in [0.5, 0.6) is 0 Å². The van der Waals surface area contributed by atoms with E-state index in [0.29, 0.717) is 24.2 Å². The molecule has 0 aliphatic carbocycles. The molecule has 0 bridgehead atoms. The van der Waals surface area contributed by atoms with E-state index >= 15 is 0 Å². The fourth-order valence-corrected chi connectivity index (χ4v) is 3.22. The van der Waals surface area contributed by atoms with Gasteiger partial charge in [-0.3, -0.25) is 9.58 Å². The molecule has 3 heterocycles. The number of benzene rings is 1. The van der Waals surface area contributed by atoms with Gasteiger partial charge >= 0.3 is 0 Å². The molecule has 0 atom stereocenters. The van der Waals surface area contributed by atoms with Crippen LogP contribution in [0.15, 0.2) is 47.1 Å². The van der Waals surface area contributed by atoms with E-state index in [4.69, 9.17) is 4.42 Å². The van der Waals surface area contributed by atoms with Crippen LogP contribution in [0.3, 0.4) is 0 Å². The lowest BCUT2D eigenvalue weighted by molar-refractivity contribution is 0.153. The molecule has 25 heavy (non-hydrogen) atoms. The standard InChI is InChI=1S/C18H20FN5O/c19-16-4-2-15(3-5-16)18-22-21-17(25-18)13-23-10-6-14(7-11-23)12-24-9-1-8-20-24/h1-5,8-9,14H,6-7,10-13H2. The Morgan fingerprint density at radius 2 is 1.92 bits per heavy atom. The van der Waals surface area contributed by atoms with Gasteiger partial charge in [-0.05, 0) is 62.2 Å². The van der Waals surface area contributed by atoms with E-state index in [1.54, 1.807) is 12.1 Å². The van der Waals surface area contributed by atoms with Crippen molar-refractivity contribution < 1.29 is 8.81 Å². The van der Waals surface area contributed by atoms with Crippen LogP contribution in [-0.4, -0.2) is 38.0 Å². The summed E-state index contributed by atoms with van der Waals surface area (Å²) in [4.78, 5) is 2.33. The Morgan fingerprint density at radius 1 is 1.12 bits per heavy atom. The van der Waals surface area contributed by atoms with Crippen LogP contribution in [0.2, 0.25) is 0 Å². The van der Waals surface area contributed by atoms with Crippen molar-refractivity contribution in [3.63, 3.8) is 0 Å². The zero-order chi connectivity index (χ0) is 17.1. The maximum absolute atomic E-state index is 13.0. The van der Waals surface area contributed by atoms with Crippen molar-refractivity contribution in [2.45, 2.75) is 25.9 Å². The summed E-state index contributed by atoms with van der Waals surface area (Å²) >= 11 is 0. The number of nitrogens with zero attached hydrogens (tertiary/aromatic N) is 5. The molecular weight excluding hydrogens is 321 g/mol. The van der Waals surface area contributed by atoms with Gasteiger partial charge in [0.25, 0.3) is 0 Å². The van der Waals surface area contributed by atoms with E-state index in [-0.39, 0.29) is 5.82 Å². The molecule has 3 aromatic rings. The SMILES string of the molecule is Fc1ccc(-c2nnc(CN3CCC(Cn4cccn4)CC3)o2)cc1. The average Bonchev–Trinajstić information content (AvgIpc) is 3.29. The van der Waals surface area contributed by atoms with E-state index in [1.807, 2.05) is 23.1 Å². The van der Waals surface area contributed by atoms with Crippen molar-refractivity contribution in [2.24, 2.45) is 5.92 Å². The average molecular weight is 341 g/mol. The number of aromatic nitrogens is 4. The lowest BCUT2D eigenvalue weighted by Crippen LogP contribution is -2.34. The third-order valence-electron chi connectivity index (χ3n) is 4.63. The van der Waals surface area contributed by atoms with Gasteiger partial charge in [-0.15, -0.1) is 10.2 Å². The van der Waals surface area contributed by atoms with Gasteiger partial charge in [-0.1, -0.05) is 0 Å². The third-order valence-corrected chi connectivity index (χ3v) is 4.63. The number of rotatable bonds is 5. The topological polar surface area (TPSA) is 60.0 Å². The Kier molecular flexibility index (Phi) is 4.56. The summed E-state index contributed by atoms with van der Waals surface area (Å²) in [5.41, 5.74) is 0.734. The van der Waals surface area contributed by atoms with E-state index in [0.717, 1.165) is 38.0 Å². The second-order valence-corrected chi connectivity index (χ2v) is 6.46. The van der Waals surface area contributed by atoms with Crippen LogP contribution in [0.1, 0.15) is 18.7 Å². The quantitative estimate of drug-likeness (QED) is 0.714. The Balaban J connectivity index is 1.31. The van der Waals surface area contributed by atoms with Crippen molar-refractivity contribution in [1.82, 2.24) is 24.9 Å². The van der Waals surface area contributed by atoms with Crippen molar-refractivity contribution in [3.05, 3.63) is 54.4 Å². The molecule has 0 spiro atoms. The third kappa shape index (κ3) is 3.93. The molecule has 1 aliphatic heterocycles. The zero-order valence-electron chi connectivity index (χ0n) is 13.9. The molecule has 6 nitrogen and oxygen atoms in total. The Morgan fingerprint density at radius 3 is 2.64 bits per heavy atom. The van der Waals surface area contributed by atoms with E-state index in [2.05, 4.69) is 20.2 Å². The number of halogens is 1. The van der Waals surface area contributed by atoms with E-state index < -0.39 is 0 Å². The Labute approximate surface area is 145 Å². The van der Waals surface area contributed by atoms with E-state index in [9.17, 15) is 4.39 Å². The Bertz CT molecular complexity index is 791. The molecule has 0 N–H and O–H groups in total. The van der Waals surface area contributed by atoms with Crippen molar-refractivity contribution >= 4 is 0 Å². The predicted octanol–water partition coefficient (Wildman–Crippen LogP) is 2.98. The second-order valence-electron chi connectivity index (χ2n) is 6.46. The summed E-state index contributed by atoms with van der Waals surface area (Å²) in [5, 5.41) is 12.5. The van der Waals surface area contributed by atoms with Crippen LogP contribution in [0.25, 0.3) is 11.5 Å². The molecule has 1 aromatic carbocycles. The lowest BCUT2D eigenvalue weighted by atomic mass is 9.97. The molecule has 1 aliphatic rings. The smallest absolute Gasteiger partial charge is 0.247 e. The summed E-state index contributed by atoms with van der Waals surface area (Å²) in [6.07, 6.45) is 6.11. The number of piperidine rings is 1. The van der Waals surface area contributed by atoms with Crippen molar-refractivity contribution in [3.8, 4) is 11.5 Å². The van der Waals surface area contributed by atoms with Gasteiger partial charge in [0, 0.05) is 24.5 Å². The van der Waals surface area contributed by atoms with Gasteiger partial charge in [-0.2, -0.15) is 5.10 Å². The normalized spacial score (nSPS) is 16.4. The molecule has 0 unspecified atom stereocenters. The molecule has 130 valence electrons. The zero-order valence-corrected chi connectivity index (χ0v) is 13.9. The summed E-state index contributed by atoms with van der Waals surface area (Å²) in [7, 11) is 0. The first-order valence-electron chi connectivity index (χ1n) is 8.54. The van der Waals surface area contributed by atoms with Crippen LogP contribution in [-0.2, 0) is 13.1 Å². The number of likely N-dealkylation sites (tertiary alicyclic amines) is 1. The monoisotopic (exact) mass is 341 g/mol. The van der Waals surface area contributed by atoms with Gasteiger partial charge in [0.1, 0.15) is 5.82 Å². The maximum atomic E-state index is 13.0. The highest BCUT2D eigenvalue weighted by Crippen LogP contribution is 2.22. The number of hydrogen-bond acceptors (Lipinski definition) is 5. The highest BCUT2D eigenvalue weighted by Gasteiger charge is 2.21. The van der Waals surface area contributed by atoms with Gasteiger partial charge in [0.05, 0.1) is 6.54 Å². The van der Waals surface area contributed by atoms with Crippen LogP contribution in [0.4, 0.5) is 4.39 Å². The van der Waals surface area contributed by atoms with Gasteiger partial charge in [-0.25, -0.2) is 4.39 Å². The largest absolute Gasteiger partial charge is 0.419 e. The summed E-state index contributed by atoms with van der Waals surface area (Å²) in [5.74, 6) is 1.42. The number of hydrogen-bond donors (Lipinski definition) is 0. The molecule has 1 fully saturated rings. The van der Waals surface area contributed by atoms with Gasteiger partial charge in [0.2, 0.25) is 11.8 Å². The highest BCUT2D eigenvalue weighted by molar-refractivity contribution is 5.51. The summed E-state index contributed by atoms with van der Waals surface area (Å²) < 4.78 is 20.7. The minimum absolute atomic E-state index is 0.276. The van der Waals surface area contributed by atoms with E-state index in [1.165, 1.54) is 12.1 Å². The van der Waals surface area contributed by atoms with Gasteiger partial charge in [0.15, 0.2) is 0 Å². The maximum Gasteiger partial charge on any atom is 0.247 e. The molecule has 1 saturated heterocycles. The molecule has 0 radical (unpaired) electrons. The molecule has 0 saturated carbocycles. The van der Waals surface area contributed by atoms with Crippen molar-refractivity contribution in [2.75, 3.05) is 13.1 Å². The summed E-state index contributed by atoms with van der Waals surface area (Å²) in [6.45, 7) is 3.67. The van der Waals surface area contributed by atoms with Crippen molar-refractivity contribution in [1.29, 1.82) is 0 Å². The minimum Gasteiger partial charge on any atom is -0.419 e. The first-order chi connectivity index (χ1) is 12.3. The molecule has 4 rings (SSSR count). The fourth-order valence-electron chi connectivity index (χ4n) is 3.22. The molecule has 2 aromatic heterocycles. The molecular formula is C18H20FN5O. The second kappa shape index (κ2) is 7.14. The van der Waals surface area contributed by atoms with Crippen LogP contribution < -0.4 is 0 Å². The van der Waals surface area contributed by atoms with Gasteiger partial charge < -0.3 is 4.42 Å². The summed E-state index contributed by atoms with van der Waals surface area (Å²) in [6, 6.07) is 8.04. The fraction of sp³-hybridized carbons (Fsp3) is 0.389. The predicted molar refractivity (Wildman–Crippen MR) is 89.9 cm³/mol. The molecule has 7 heteroatoms. The first kappa shape index (κ1) is 16.0. The first-order valence-corrected chi connectivity index (χ1v) is 8.54. The minimum atomic E-state index is -0.276.